The summed E-state index contributed by atoms with van der Waals surface area (Å²) < 4.78 is 0. The lowest BCUT2D eigenvalue weighted by atomic mass is 9.96. The normalized spacial score (nSPS) is 14.1. The van der Waals surface area contributed by atoms with E-state index in [1.807, 2.05) is 0 Å². The number of rotatable bonds is 3. The maximum atomic E-state index is 12.8. The number of nitrogen functional groups attached to an aromatic ring is 1. The first-order valence-corrected chi connectivity index (χ1v) is 10.7. The quantitative estimate of drug-likeness (QED) is 0.534. The van der Waals surface area contributed by atoms with Crippen LogP contribution in [0.5, 0.6) is 0 Å². The molecule has 2 heterocycles. The van der Waals surface area contributed by atoms with Crippen LogP contribution in [0, 0.1) is 0 Å². The van der Waals surface area contributed by atoms with Gasteiger partial charge in [-0.15, -0.1) is 11.3 Å². The second-order valence-corrected chi connectivity index (χ2v) is 8.57. The number of aromatic carboxylic acids is 1. The number of halogens is 1. The van der Waals surface area contributed by atoms with Crippen LogP contribution in [0.3, 0.4) is 0 Å². The second-order valence-electron chi connectivity index (χ2n) is 7.16. The van der Waals surface area contributed by atoms with Crippen LogP contribution in [-0.4, -0.2) is 22.0 Å². The molecule has 4 N–H and O–H groups in total. The van der Waals surface area contributed by atoms with E-state index in [2.05, 4.69) is 11.4 Å². The van der Waals surface area contributed by atoms with E-state index in [-0.39, 0.29) is 10.6 Å². The Kier molecular flexibility index (Phi) is 5.43. The van der Waals surface area contributed by atoms with Crippen LogP contribution in [0.4, 0.5) is 11.4 Å². The molecule has 1 amide bonds. The molecule has 2 aromatic heterocycles. The summed E-state index contributed by atoms with van der Waals surface area (Å²) in [6, 6.07) is 6.41. The van der Waals surface area contributed by atoms with Crippen molar-refractivity contribution < 1.29 is 14.7 Å². The maximum absolute atomic E-state index is 12.8. The Balaban J connectivity index is 1.67. The average molecular weight is 430 g/mol. The minimum absolute atomic E-state index is 0.0738. The molecule has 0 unspecified atom stereocenters. The summed E-state index contributed by atoms with van der Waals surface area (Å²) >= 11 is 7.15. The highest BCUT2D eigenvalue weighted by atomic mass is 35.5. The van der Waals surface area contributed by atoms with Gasteiger partial charge in [-0.25, -0.2) is 9.78 Å². The van der Waals surface area contributed by atoms with Crippen LogP contribution in [0.15, 0.2) is 24.3 Å². The fourth-order valence-corrected chi connectivity index (χ4v) is 4.83. The predicted molar refractivity (Wildman–Crippen MR) is 116 cm³/mol. The van der Waals surface area contributed by atoms with Gasteiger partial charge in [0, 0.05) is 16.8 Å². The van der Waals surface area contributed by atoms with Crippen molar-refractivity contribution in [2.75, 3.05) is 11.1 Å². The van der Waals surface area contributed by atoms with Gasteiger partial charge >= 0.3 is 5.97 Å². The second kappa shape index (κ2) is 8.00. The summed E-state index contributed by atoms with van der Waals surface area (Å²) in [5, 5.41) is 12.8. The number of carbonyl (C=O) groups is 2. The molecule has 3 aromatic rings. The van der Waals surface area contributed by atoms with Crippen LogP contribution >= 0.6 is 22.9 Å². The molecular formula is C21H20ClN3O3S. The summed E-state index contributed by atoms with van der Waals surface area (Å²) in [5.74, 6) is -1.55. The number of nitrogens with two attached hydrogens (primary N) is 1. The fraction of sp³-hybridized carbons (Fsp3) is 0.286. The lowest BCUT2D eigenvalue weighted by molar-refractivity contribution is 0.0696. The molecule has 29 heavy (non-hydrogen) atoms. The Morgan fingerprint density at radius 2 is 1.90 bits per heavy atom. The van der Waals surface area contributed by atoms with Crippen molar-refractivity contribution in [3.8, 4) is 0 Å². The van der Waals surface area contributed by atoms with Gasteiger partial charge in [0.2, 0.25) is 0 Å². The summed E-state index contributed by atoms with van der Waals surface area (Å²) in [4.78, 5) is 30.0. The number of nitrogens with zero attached hydrogens (tertiary/aromatic N) is 1. The largest absolute Gasteiger partial charge is 0.478 e. The Hall–Kier alpha value is -2.64. The highest BCUT2D eigenvalue weighted by Gasteiger charge is 2.20. The predicted octanol–water partition coefficient (Wildman–Crippen LogP) is 5.14. The number of thiophene rings is 1. The van der Waals surface area contributed by atoms with E-state index in [9.17, 15) is 14.7 Å². The molecule has 1 aliphatic rings. The van der Waals surface area contributed by atoms with Crippen molar-refractivity contribution in [1.82, 2.24) is 4.98 Å². The summed E-state index contributed by atoms with van der Waals surface area (Å²) in [6.07, 6.45) is 6.65. The number of fused-ring (bicyclic) bond motifs is 2. The van der Waals surface area contributed by atoms with Gasteiger partial charge in [-0.1, -0.05) is 24.4 Å². The number of pyridine rings is 1. The van der Waals surface area contributed by atoms with Crippen LogP contribution in [0.2, 0.25) is 5.02 Å². The summed E-state index contributed by atoms with van der Waals surface area (Å²) in [6.45, 7) is 0. The van der Waals surface area contributed by atoms with Gasteiger partial charge in [-0.2, -0.15) is 0 Å². The summed E-state index contributed by atoms with van der Waals surface area (Å²) in [5.41, 5.74) is 9.30. The number of nitrogens with one attached hydrogen (secondary N) is 1. The zero-order chi connectivity index (χ0) is 20.5. The van der Waals surface area contributed by atoms with E-state index in [4.69, 9.17) is 22.3 Å². The monoisotopic (exact) mass is 429 g/mol. The molecule has 8 heteroatoms. The highest BCUT2D eigenvalue weighted by Crippen LogP contribution is 2.35. The molecule has 0 aliphatic heterocycles. The third-order valence-corrected chi connectivity index (χ3v) is 6.60. The number of carboxylic acids is 1. The van der Waals surface area contributed by atoms with Crippen LogP contribution in [0.1, 0.15) is 57.0 Å². The average Bonchev–Trinajstić information content (AvgIpc) is 2.99. The number of carbonyl (C=O) groups excluding carboxylic acids is 1. The maximum Gasteiger partial charge on any atom is 0.337 e. The molecular weight excluding hydrogens is 410 g/mol. The molecule has 0 atom stereocenters. The van der Waals surface area contributed by atoms with Gasteiger partial charge in [0.1, 0.15) is 9.71 Å². The molecule has 0 saturated carbocycles. The van der Waals surface area contributed by atoms with Crippen LogP contribution in [0.25, 0.3) is 10.2 Å². The van der Waals surface area contributed by atoms with E-state index < -0.39 is 11.9 Å². The molecule has 0 bridgehead atoms. The first-order chi connectivity index (χ1) is 13.9. The number of hydrogen-bond acceptors (Lipinski definition) is 5. The molecule has 150 valence electrons. The smallest absolute Gasteiger partial charge is 0.337 e. The highest BCUT2D eigenvalue weighted by molar-refractivity contribution is 7.21. The van der Waals surface area contributed by atoms with Crippen molar-refractivity contribution in [2.45, 2.75) is 38.5 Å². The zero-order valence-electron chi connectivity index (χ0n) is 15.6. The van der Waals surface area contributed by atoms with Crippen molar-refractivity contribution in [1.29, 1.82) is 0 Å². The van der Waals surface area contributed by atoms with Crippen LogP contribution in [-0.2, 0) is 12.8 Å². The van der Waals surface area contributed by atoms with Crippen molar-refractivity contribution in [3.05, 3.63) is 51.0 Å². The third kappa shape index (κ3) is 3.93. The Bertz CT molecular complexity index is 1130. The molecule has 0 fully saturated rings. The van der Waals surface area contributed by atoms with Gasteiger partial charge in [0.15, 0.2) is 0 Å². The molecule has 4 rings (SSSR count). The lowest BCUT2D eigenvalue weighted by Gasteiger charge is -2.12. The van der Waals surface area contributed by atoms with Gasteiger partial charge < -0.3 is 16.2 Å². The number of anilines is 2. The van der Waals surface area contributed by atoms with Crippen molar-refractivity contribution >= 4 is 56.4 Å². The first kappa shape index (κ1) is 19.7. The van der Waals surface area contributed by atoms with Crippen molar-refractivity contribution in [3.63, 3.8) is 0 Å². The van der Waals surface area contributed by atoms with Gasteiger partial charge in [-0.3, -0.25) is 4.79 Å². The third-order valence-electron chi connectivity index (χ3n) is 5.16. The topological polar surface area (TPSA) is 105 Å². The summed E-state index contributed by atoms with van der Waals surface area (Å²) in [7, 11) is 0. The molecule has 0 radical (unpaired) electrons. The van der Waals surface area contributed by atoms with Crippen LogP contribution < -0.4 is 11.1 Å². The zero-order valence-corrected chi connectivity index (χ0v) is 17.2. The molecule has 0 spiro atoms. The standard InChI is InChI=1S/C21H20ClN3O3S/c22-15-8-7-12(10-13(15)21(27)28)24-19(26)18-17(23)14-9-11-5-3-1-2-4-6-16(11)25-20(14)29-18/h7-10H,1-6,23H2,(H,24,26)(H,27,28). The minimum Gasteiger partial charge on any atom is -0.478 e. The number of carboxylic acid groups (broad SMARTS) is 1. The number of aromatic nitrogens is 1. The molecule has 1 aromatic carbocycles. The van der Waals surface area contributed by atoms with E-state index >= 15 is 0 Å². The van der Waals surface area contributed by atoms with Gasteiger partial charge in [0.05, 0.1) is 16.3 Å². The Labute approximate surface area is 176 Å². The van der Waals surface area contributed by atoms with E-state index in [1.54, 1.807) is 6.07 Å². The Morgan fingerprint density at radius 1 is 1.14 bits per heavy atom. The fourth-order valence-electron chi connectivity index (χ4n) is 3.64. The van der Waals surface area contributed by atoms with Gasteiger partial charge in [-0.05, 0) is 55.5 Å². The van der Waals surface area contributed by atoms with E-state index in [0.29, 0.717) is 16.3 Å². The number of hydrogen-bond donors (Lipinski definition) is 3. The number of benzene rings is 1. The number of amides is 1. The van der Waals surface area contributed by atoms with E-state index in [0.717, 1.165) is 41.6 Å². The Morgan fingerprint density at radius 3 is 2.66 bits per heavy atom. The van der Waals surface area contributed by atoms with Gasteiger partial charge in [0.25, 0.3) is 5.91 Å². The molecule has 0 saturated heterocycles. The first-order valence-electron chi connectivity index (χ1n) is 9.49. The SMILES string of the molecule is Nc1c(C(=O)Nc2ccc(Cl)c(C(=O)O)c2)sc2nc3c(cc12)CCCCCC3. The minimum atomic E-state index is -1.16. The molecule has 1 aliphatic carbocycles. The molecule has 6 nitrogen and oxygen atoms in total. The lowest BCUT2D eigenvalue weighted by Crippen LogP contribution is -2.12. The number of aryl methyl sites for hydroxylation is 2. The van der Waals surface area contributed by atoms with Crippen molar-refractivity contribution in [2.24, 2.45) is 0 Å². The van der Waals surface area contributed by atoms with E-state index in [1.165, 1.54) is 41.9 Å².